The number of likely N-dealkylation sites (tertiary alicyclic amines) is 1. The fourth-order valence-electron chi connectivity index (χ4n) is 3.54. The number of nitrogens with zero attached hydrogens (tertiary/aromatic N) is 3. The van der Waals surface area contributed by atoms with Crippen LogP contribution in [0.15, 0.2) is 41.6 Å². The quantitative estimate of drug-likeness (QED) is 0.559. The van der Waals surface area contributed by atoms with E-state index in [9.17, 15) is 13.2 Å². The van der Waals surface area contributed by atoms with Crippen molar-refractivity contribution in [2.24, 2.45) is 0 Å². The summed E-state index contributed by atoms with van der Waals surface area (Å²) < 4.78 is 33.9. The van der Waals surface area contributed by atoms with Crippen LogP contribution < -0.4 is 15.4 Å². The average molecular weight is 478 g/mol. The molecule has 0 bridgehead atoms. The molecule has 0 spiro atoms. The standard InChI is InChI=1S/C22H31N5O5S/c1-16(12-23-21-24-13-19(14-25-21)33(3,29)30)26-22(28)32-18-8-10-27(11-9-18)15-17-6-4-5-7-20(17)31-2/h4-7,13-14,16,18H,8-12,15H2,1-3H3,(H,26,28)(H,23,24,25)/t16-/m1/s1. The van der Waals surface area contributed by atoms with E-state index in [0.29, 0.717) is 6.54 Å². The van der Waals surface area contributed by atoms with Crippen molar-refractivity contribution in [1.82, 2.24) is 20.2 Å². The van der Waals surface area contributed by atoms with Gasteiger partial charge in [0, 0.05) is 44.0 Å². The van der Waals surface area contributed by atoms with Gasteiger partial charge in [-0.15, -0.1) is 0 Å². The number of aromatic nitrogens is 2. The summed E-state index contributed by atoms with van der Waals surface area (Å²) in [6.07, 6.45) is 4.56. The molecule has 1 aliphatic heterocycles. The lowest BCUT2D eigenvalue weighted by Gasteiger charge is -2.32. The van der Waals surface area contributed by atoms with E-state index in [2.05, 4.69) is 31.6 Å². The Morgan fingerprint density at radius 2 is 1.88 bits per heavy atom. The highest BCUT2D eigenvalue weighted by Crippen LogP contribution is 2.22. The minimum Gasteiger partial charge on any atom is -0.496 e. The number of anilines is 1. The molecule has 1 aromatic carbocycles. The van der Waals surface area contributed by atoms with Gasteiger partial charge in [0.15, 0.2) is 9.84 Å². The molecule has 1 aliphatic rings. The van der Waals surface area contributed by atoms with Crippen LogP contribution in [-0.2, 0) is 21.1 Å². The Bertz CT molecular complexity index is 1020. The highest BCUT2D eigenvalue weighted by atomic mass is 32.2. The van der Waals surface area contributed by atoms with E-state index in [1.54, 1.807) is 7.11 Å². The molecule has 11 heteroatoms. The van der Waals surface area contributed by atoms with Gasteiger partial charge in [-0.3, -0.25) is 4.90 Å². The zero-order valence-corrected chi connectivity index (χ0v) is 20.0. The molecule has 1 saturated heterocycles. The maximum Gasteiger partial charge on any atom is 0.407 e. The zero-order chi connectivity index (χ0) is 23.8. The first-order chi connectivity index (χ1) is 15.7. The summed E-state index contributed by atoms with van der Waals surface area (Å²) >= 11 is 0. The Morgan fingerprint density at radius 1 is 1.21 bits per heavy atom. The van der Waals surface area contributed by atoms with Crippen molar-refractivity contribution in [2.45, 2.75) is 43.4 Å². The molecule has 10 nitrogen and oxygen atoms in total. The molecule has 33 heavy (non-hydrogen) atoms. The molecule has 1 fully saturated rings. The highest BCUT2D eigenvalue weighted by molar-refractivity contribution is 7.90. The van der Waals surface area contributed by atoms with Gasteiger partial charge in [-0.2, -0.15) is 0 Å². The molecule has 0 aliphatic carbocycles. The summed E-state index contributed by atoms with van der Waals surface area (Å²) in [6, 6.07) is 7.75. The molecule has 0 saturated carbocycles. The lowest BCUT2D eigenvalue weighted by atomic mass is 10.1. The van der Waals surface area contributed by atoms with Gasteiger partial charge >= 0.3 is 6.09 Å². The Morgan fingerprint density at radius 3 is 2.52 bits per heavy atom. The van der Waals surface area contributed by atoms with Gasteiger partial charge in [0.1, 0.15) is 16.7 Å². The van der Waals surface area contributed by atoms with E-state index >= 15 is 0 Å². The van der Waals surface area contributed by atoms with Crippen LogP contribution in [0.25, 0.3) is 0 Å². The third-order valence-electron chi connectivity index (χ3n) is 5.38. The van der Waals surface area contributed by atoms with E-state index in [4.69, 9.17) is 9.47 Å². The van der Waals surface area contributed by atoms with Crippen LogP contribution in [-0.4, -0.2) is 74.5 Å². The van der Waals surface area contributed by atoms with Crippen molar-refractivity contribution in [2.75, 3.05) is 38.3 Å². The van der Waals surface area contributed by atoms with Gasteiger partial charge < -0.3 is 20.1 Å². The maximum absolute atomic E-state index is 12.3. The maximum atomic E-state index is 12.3. The molecule has 2 heterocycles. The van der Waals surface area contributed by atoms with Gasteiger partial charge in [0.25, 0.3) is 0 Å². The number of para-hydroxylation sites is 1. The number of sulfone groups is 1. The van der Waals surface area contributed by atoms with Crippen LogP contribution in [0.1, 0.15) is 25.3 Å². The summed E-state index contributed by atoms with van der Waals surface area (Å²) in [7, 11) is -1.66. The number of carbonyl (C=O) groups is 1. The second kappa shape index (κ2) is 11.3. The number of nitrogens with one attached hydrogen (secondary N) is 2. The number of benzene rings is 1. The van der Waals surface area contributed by atoms with Gasteiger partial charge in [0.2, 0.25) is 5.95 Å². The van der Waals surface area contributed by atoms with E-state index in [1.807, 2.05) is 25.1 Å². The van der Waals surface area contributed by atoms with Crippen LogP contribution >= 0.6 is 0 Å². The number of hydrogen-bond acceptors (Lipinski definition) is 9. The van der Waals surface area contributed by atoms with Crippen molar-refractivity contribution in [3.63, 3.8) is 0 Å². The first kappa shape index (κ1) is 24.7. The molecular weight excluding hydrogens is 446 g/mol. The smallest absolute Gasteiger partial charge is 0.407 e. The lowest BCUT2D eigenvalue weighted by molar-refractivity contribution is 0.0474. The van der Waals surface area contributed by atoms with Gasteiger partial charge in [-0.05, 0) is 25.8 Å². The number of carbonyl (C=O) groups excluding carboxylic acids is 1. The van der Waals surface area contributed by atoms with Crippen molar-refractivity contribution in [3.8, 4) is 5.75 Å². The first-order valence-corrected chi connectivity index (χ1v) is 12.7. The second-order valence-corrected chi connectivity index (χ2v) is 10.1. The molecule has 0 radical (unpaired) electrons. The number of amides is 1. The Labute approximate surface area is 194 Å². The Kier molecular flexibility index (Phi) is 8.45. The molecule has 180 valence electrons. The molecule has 1 amide bonds. The number of ether oxygens (including phenoxy) is 2. The van der Waals surface area contributed by atoms with Crippen molar-refractivity contribution in [3.05, 3.63) is 42.2 Å². The minimum atomic E-state index is -3.34. The number of methoxy groups -OCH3 is 1. The van der Waals surface area contributed by atoms with Crippen LogP contribution in [0.2, 0.25) is 0 Å². The van der Waals surface area contributed by atoms with Crippen molar-refractivity contribution >= 4 is 21.9 Å². The molecular formula is C22H31N5O5S. The van der Waals surface area contributed by atoms with Crippen LogP contribution in [0.3, 0.4) is 0 Å². The van der Waals surface area contributed by atoms with Crippen LogP contribution in [0.4, 0.5) is 10.7 Å². The summed E-state index contributed by atoms with van der Waals surface area (Å²) in [5, 5.41) is 5.76. The van der Waals surface area contributed by atoms with Gasteiger partial charge in [-0.25, -0.2) is 23.2 Å². The lowest BCUT2D eigenvalue weighted by Crippen LogP contribution is -2.42. The van der Waals surface area contributed by atoms with Gasteiger partial charge in [0.05, 0.1) is 19.5 Å². The molecule has 2 aromatic rings. The molecule has 2 N–H and O–H groups in total. The predicted molar refractivity (Wildman–Crippen MR) is 124 cm³/mol. The minimum absolute atomic E-state index is 0.0526. The molecule has 0 unspecified atom stereocenters. The first-order valence-electron chi connectivity index (χ1n) is 10.8. The number of piperidine rings is 1. The molecule has 1 aromatic heterocycles. The Balaban J connectivity index is 1.37. The number of alkyl carbamates (subject to hydrolysis) is 1. The van der Waals surface area contributed by atoms with E-state index < -0.39 is 15.9 Å². The summed E-state index contributed by atoms with van der Waals surface area (Å²) in [6.45, 7) is 4.68. The van der Waals surface area contributed by atoms with E-state index in [0.717, 1.165) is 50.0 Å². The largest absolute Gasteiger partial charge is 0.496 e. The second-order valence-electron chi connectivity index (χ2n) is 8.13. The Hall–Kier alpha value is -2.92. The molecule has 1 atom stereocenters. The summed E-state index contributed by atoms with van der Waals surface area (Å²) in [5.41, 5.74) is 1.15. The monoisotopic (exact) mass is 477 g/mol. The van der Waals surface area contributed by atoms with Crippen LogP contribution in [0, 0.1) is 0 Å². The average Bonchev–Trinajstić information content (AvgIpc) is 2.79. The SMILES string of the molecule is COc1ccccc1CN1CCC(OC(=O)N[C@H](C)CNc2ncc(S(C)(=O)=O)cn2)CC1. The fourth-order valence-corrected chi connectivity index (χ4v) is 4.03. The summed E-state index contributed by atoms with van der Waals surface area (Å²) in [5.74, 6) is 1.17. The third-order valence-corrected chi connectivity index (χ3v) is 6.45. The third kappa shape index (κ3) is 7.57. The van der Waals surface area contributed by atoms with Crippen molar-refractivity contribution < 1.29 is 22.7 Å². The van der Waals surface area contributed by atoms with Crippen molar-refractivity contribution in [1.29, 1.82) is 0 Å². The van der Waals surface area contributed by atoms with Crippen LogP contribution in [0.5, 0.6) is 5.75 Å². The molecule has 3 rings (SSSR count). The number of rotatable bonds is 9. The highest BCUT2D eigenvalue weighted by Gasteiger charge is 2.23. The fraction of sp³-hybridized carbons (Fsp3) is 0.500. The van der Waals surface area contributed by atoms with E-state index in [-0.39, 0.29) is 23.0 Å². The predicted octanol–water partition coefficient (Wildman–Crippen LogP) is 2.08. The zero-order valence-electron chi connectivity index (χ0n) is 19.2. The topological polar surface area (TPSA) is 123 Å². The summed E-state index contributed by atoms with van der Waals surface area (Å²) in [4.78, 5) is 22.6. The number of hydrogen-bond donors (Lipinski definition) is 2. The van der Waals surface area contributed by atoms with E-state index in [1.165, 1.54) is 12.4 Å². The van der Waals surface area contributed by atoms with Gasteiger partial charge in [-0.1, -0.05) is 18.2 Å². The normalized spacial score (nSPS) is 16.1.